The van der Waals surface area contributed by atoms with Gasteiger partial charge in [-0.15, -0.1) is 0 Å². The van der Waals surface area contributed by atoms with Crippen molar-refractivity contribution in [3.05, 3.63) is 123 Å². The van der Waals surface area contributed by atoms with Crippen LogP contribution in [0.3, 0.4) is 0 Å². The van der Waals surface area contributed by atoms with Gasteiger partial charge in [0.15, 0.2) is 29.9 Å². The van der Waals surface area contributed by atoms with Gasteiger partial charge in [0.1, 0.15) is 22.3 Å². The van der Waals surface area contributed by atoms with Crippen LogP contribution in [0.1, 0.15) is 60.1 Å². The van der Waals surface area contributed by atoms with E-state index >= 15 is 0 Å². The standard InChI is InChI=1S/C42H43Cl2F2N3O7/c1-47(40(29-7-3-2-4-8-29)41(51)55-38-24-48-16-14-28(38)15-17-48)31-9-5-6-27(18-31)19-39(50)54-36(21-32-33(43)22-49(52)23-34(32)44)30-12-13-35(56-42(45)46)37(20-30)53-25-26-10-11-26/h2-9,12-13,18,20,22-23,26,28,36,38,40,42H,10-11,14-17,19,21,24-25H2,1H3/t36?,38-,40?/m0/s1. The third-order valence-corrected chi connectivity index (χ3v) is 11.4. The Morgan fingerprint density at radius 2 is 1.66 bits per heavy atom. The fraction of sp³-hybridized carbons (Fsp3) is 0.405. The SMILES string of the molecule is CN(c1cccc(CC(=O)OC(Cc2c(Cl)c[n+]([O-])cc2Cl)c2ccc(OC(F)F)c(OCC3CC3)c2)c1)C(C(=O)O[C@H]1CN2CCC1CC2)c1ccccc1. The summed E-state index contributed by atoms with van der Waals surface area (Å²) in [5.74, 6) is -0.343. The molecule has 4 heterocycles. The highest BCUT2D eigenvalue weighted by Gasteiger charge is 2.39. The number of alkyl halides is 2. The second-order valence-electron chi connectivity index (χ2n) is 14.7. The molecule has 1 aliphatic carbocycles. The normalized spacial score (nSPS) is 19.9. The van der Waals surface area contributed by atoms with E-state index in [1.165, 1.54) is 18.2 Å². The Balaban J connectivity index is 1.12. The molecule has 3 aliphatic heterocycles. The number of esters is 2. The summed E-state index contributed by atoms with van der Waals surface area (Å²) in [7, 11) is 1.83. The molecular weight excluding hydrogens is 767 g/mol. The van der Waals surface area contributed by atoms with E-state index in [1.807, 2.05) is 54.4 Å². The van der Waals surface area contributed by atoms with Crippen molar-refractivity contribution in [2.45, 2.75) is 63.4 Å². The molecule has 56 heavy (non-hydrogen) atoms. The van der Waals surface area contributed by atoms with E-state index in [2.05, 4.69) is 4.90 Å². The zero-order valence-electron chi connectivity index (χ0n) is 30.8. The van der Waals surface area contributed by atoms with Crippen LogP contribution >= 0.6 is 23.2 Å². The first-order valence-corrected chi connectivity index (χ1v) is 19.5. The van der Waals surface area contributed by atoms with Gasteiger partial charge in [0, 0.05) is 31.3 Å². The molecule has 4 aromatic rings. The number of halogens is 4. The number of ether oxygens (including phenoxy) is 4. The summed E-state index contributed by atoms with van der Waals surface area (Å²) in [4.78, 5) is 31.9. The molecular formula is C42H43Cl2F2N3O7. The average Bonchev–Trinajstić information content (AvgIpc) is 4.01. The maximum atomic E-state index is 14.0. The minimum Gasteiger partial charge on any atom is -0.619 e. The lowest BCUT2D eigenvalue weighted by Gasteiger charge is -2.44. The zero-order chi connectivity index (χ0) is 39.3. The van der Waals surface area contributed by atoms with Gasteiger partial charge in [-0.2, -0.15) is 13.5 Å². The van der Waals surface area contributed by atoms with E-state index in [1.54, 1.807) is 12.1 Å². The zero-order valence-corrected chi connectivity index (χ0v) is 32.3. The second-order valence-corrected chi connectivity index (χ2v) is 15.5. The maximum absolute atomic E-state index is 14.0. The number of rotatable bonds is 16. The Morgan fingerprint density at radius 1 is 0.929 bits per heavy atom. The predicted molar refractivity (Wildman–Crippen MR) is 206 cm³/mol. The smallest absolute Gasteiger partial charge is 0.387 e. The Hall–Kier alpha value is -4.65. The molecule has 4 fully saturated rings. The topological polar surface area (TPSA) is 104 Å². The van der Waals surface area contributed by atoms with Crippen LogP contribution in [-0.4, -0.2) is 62.8 Å². The lowest BCUT2D eigenvalue weighted by Crippen LogP contribution is -2.52. The number of carbonyl (C=O) groups is 2. The van der Waals surface area contributed by atoms with Gasteiger partial charge in [-0.1, -0.05) is 71.7 Å². The Labute approximate surface area is 334 Å². The van der Waals surface area contributed by atoms with Gasteiger partial charge in [-0.25, -0.2) is 4.79 Å². The number of piperidine rings is 3. The molecule has 0 N–H and O–H groups in total. The van der Waals surface area contributed by atoms with Crippen LogP contribution in [-0.2, 0) is 31.9 Å². The number of anilines is 1. The highest BCUT2D eigenvalue weighted by molar-refractivity contribution is 6.35. The van der Waals surface area contributed by atoms with Crippen LogP contribution in [0.4, 0.5) is 14.5 Å². The van der Waals surface area contributed by atoms with Crippen LogP contribution in [0, 0.1) is 17.0 Å². The van der Waals surface area contributed by atoms with E-state index in [0.29, 0.717) is 45.6 Å². The van der Waals surface area contributed by atoms with Crippen molar-refractivity contribution in [3.63, 3.8) is 0 Å². The van der Waals surface area contributed by atoms with Crippen molar-refractivity contribution in [3.8, 4) is 11.5 Å². The number of likely N-dealkylation sites (N-methyl/N-ethyl adjacent to an activating group) is 1. The first-order chi connectivity index (χ1) is 27.0. The molecule has 0 amide bonds. The number of benzene rings is 3. The van der Waals surface area contributed by atoms with Gasteiger partial charge < -0.3 is 29.1 Å². The number of hydrogen-bond donors (Lipinski definition) is 0. The highest BCUT2D eigenvalue weighted by atomic mass is 35.5. The maximum Gasteiger partial charge on any atom is 0.387 e. The van der Waals surface area contributed by atoms with Gasteiger partial charge in [0.2, 0.25) is 0 Å². The third kappa shape index (κ3) is 9.83. The number of aromatic nitrogens is 1. The van der Waals surface area contributed by atoms with Gasteiger partial charge >= 0.3 is 18.6 Å². The highest BCUT2D eigenvalue weighted by Crippen LogP contribution is 2.38. The van der Waals surface area contributed by atoms with E-state index in [-0.39, 0.29) is 46.5 Å². The van der Waals surface area contributed by atoms with Crippen LogP contribution in [0.25, 0.3) is 0 Å². The van der Waals surface area contributed by atoms with E-state index in [9.17, 15) is 23.6 Å². The van der Waals surface area contributed by atoms with Gasteiger partial charge in [0.05, 0.1) is 13.0 Å². The molecule has 14 heteroatoms. The van der Waals surface area contributed by atoms with Gasteiger partial charge in [-0.3, -0.25) is 9.69 Å². The number of carbonyl (C=O) groups excluding carboxylic acids is 2. The predicted octanol–water partition coefficient (Wildman–Crippen LogP) is 7.90. The molecule has 2 bridgehead atoms. The summed E-state index contributed by atoms with van der Waals surface area (Å²) in [5, 5.41) is 12.1. The minimum atomic E-state index is -3.08. The van der Waals surface area contributed by atoms with Crippen molar-refractivity contribution in [2.75, 3.05) is 38.2 Å². The Morgan fingerprint density at radius 3 is 2.32 bits per heavy atom. The van der Waals surface area contributed by atoms with Crippen LogP contribution < -0.4 is 19.1 Å². The summed E-state index contributed by atoms with van der Waals surface area (Å²) in [6.07, 6.45) is 4.91. The summed E-state index contributed by atoms with van der Waals surface area (Å²) >= 11 is 12.9. The van der Waals surface area contributed by atoms with Gasteiger partial charge in [0.25, 0.3) is 0 Å². The summed E-state index contributed by atoms with van der Waals surface area (Å²) in [5.41, 5.74) is 2.85. The first kappa shape index (κ1) is 39.6. The van der Waals surface area contributed by atoms with Crippen LogP contribution in [0.2, 0.25) is 10.0 Å². The number of nitrogens with zero attached hydrogens (tertiary/aromatic N) is 3. The summed E-state index contributed by atoms with van der Waals surface area (Å²) < 4.78 is 50.0. The summed E-state index contributed by atoms with van der Waals surface area (Å²) in [6.45, 7) is 0.0474. The molecule has 1 aromatic heterocycles. The van der Waals surface area contributed by atoms with E-state index in [0.717, 1.165) is 63.3 Å². The molecule has 8 rings (SSSR count). The van der Waals surface area contributed by atoms with E-state index < -0.39 is 24.7 Å². The first-order valence-electron chi connectivity index (χ1n) is 18.8. The van der Waals surface area contributed by atoms with Crippen molar-refractivity contribution < 1.29 is 42.0 Å². The fourth-order valence-corrected chi connectivity index (χ4v) is 8.07. The molecule has 296 valence electrons. The molecule has 3 aromatic carbocycles. The number of fused-ring (bicyclic) bond motifs is 3. The molecule has 2 unspecified atom stereocenters. The van der Waals surface area contributed by atoms with E-state index in [4.69, 9.17) is 42.1 Å². The lowest BCUT2D eigenvalue weighted by atomic mass is 9.86. The third-order valence-electron chi connectivity index (χ3n) is 10.7. The van der Waals surface area contributed by atoms with Crippen molar-refractivity contribution >= 4 is 40.8 Å². The molecule has 10 nitrogen and oxygen atoms in total. The van der Waals surface area contributed by atoms with Gasteiger partial charge in [-0.05, 0) is 91.6 Å². The van der Waals surface area contributed by atoms with Crippen LogP contribution in [0.5, 0.6) is 11.5 Å². The van der Waals surface area contributed by atoms with Crippen LogP contribution in [0.15, 0.2) is 85.2 Å². The minimum absolute atomic E-state index is 0.0371. The quantitative estimate of drug-likeness (QED) is 0.0635. The number of pyridine rings is 1. The van der Waals surface area contributed by atoms with Crippen molar-refractivity contribution in [2.24, 2.45) is 11.8 Å². The monoisotopic (exact) mass is 809 g/mol. The summed E-state index contributed by atoms with van der Waals surface area (Å²) in [6, 6.07) is 20.4. The van der Waals surface area contributed by atoms with Crippen molar-refractivity contribution in [1.82, 2.24) is 4.90 Å². The number of hydrogen-bond acceptors (Lipinski definition) is 9. The molecule has 0 spiro atoms. The molecule has 0 radical (unpaired) electrons. The molecule has 4 aliphatic rings. The molecule has 1 saturated carbocycles. The second kappa shape index (κ2) is 17.7. The fourth-order valence-electron chi connectivity index (χ4n) is 7.47. The molecule has 3 atom stereocenters. The Bertz CT molecular complexity index is 1990. The van der Waals surface area contributed by atoms with Crippen molar-refractivity contribution in [1.29, 1.82) is 0 Å². The Kier molecular flexibility index (Phi) is 12.5. The molecule has 3 saturated heterocycles. The lowest BCUT2D eigenvalue weighted by molar-refractivity contribution is -0.605. The largest absolute Gasteiger partial charge is 0.619 e. The average molecular weight is 811 g/mol.